The summed E-state index contributed by atoms with van der Waals surface area (Å²) in [5, 5.41) is 9.20. The summed E-state index contributed by atoms with van der Waals surface area (Å²) in [6.07, 6.45) is 4.02. The molecule has 1 aromatic carbocycles. The summed E-state index contributed by atoms with van der Waals surface area (Å²) >= 11 is 1.78. The molecule has 0 aliphatic heterocycles. The number of nitrogens with one attached hydrogen (secondary N) is 3. The molecule has 0 aliphatic rings. The molecule has 0 radical (unpaired) electrons. The third kappa shape index (κ3) is 4.39. The Labute approximate surface area is 152 Å². The van der Waals surface area contributed by atoms with Crippen LogP contribution >= 0.6 is 11.3 Å². The monoisotopic (exact) mass is 355 g/mol. The van der Waals surface area contributed by atoms with Crippen LogP contribution in [0.15, 0.2) is 35.5 Å². The lowest BCUT2D eigenvalue weighted by molar-refractivity contribution is 0.787. The maximum absolute atomic E-state index is 4.47. The van der Waals surface area contributed by atoms with Crippen LogP contribution < -0.4 is 10.6 Å². The Morgan fingerprint density at radius 2 is 1.92 bits per heavy atom. The molecule has 0 aliphatic carbocycles. The quantitative estimate of drug-likeness (QED) is 0.470. The predicted molar refractivity (Wildman–Crippen MR) is 107 cm³/mol. The first-order chi connectivity index (χ1) is 12.2. The van der Waals surface area contributed by atoms with E-state index >= 15 is 0 Å². The van der Waals surface area contributed by atoms with Crippen LogP contribution in [0.1, 0.15) is 21.1 Å². The standard InChI is InChI=1S/C19H25N5S/c1-13-18(25-14(2)24-13)9-11-22-19(20-3)21-10-8-15-12-23-17-7-5-4-6-16(15)17/h4-7,12,23H,8-11H2,1-3H3,(H2,20,21,22). The van der Waals surface area contributed by atoms with Gasteiger partial charge in [-0.3, -0.25) is 4.99 Å². The van der Waals surface area contributed by atoms with E-state index in [0.717, 1.165) is 42.6 Å². The Morgan fingerprint density at radius 3 is 2.64 bits per heavy atom. The Hall–Kier alpha value is -2.34. The van der Waals surface area contributed by atoms with Gasteiger partial charge in [0.1, 0.15) is 0 Å². The van der Waals surface area contributed by atoms with E-state index in [2.05, 4.69) is 69.9 Å². The number of thiazole rings is 1. The molecular weight excluding hydrogens is 330 g/mol. The molecule has 2 aromatic heterocycles. The third-order valence-electron chi connectivity index (χ3n) is 4.23. The van der Waals surface area contributed by atoms with Gasteiger partial charge in [0.05, 0.1) is 10.7 Å². The molecule has 0 spiro atoms. The minimum absolute atomic E-state index is 0.846. The zero-order chi connectivity index (χ0) is 17.6. The molecule has 0 unspecified atom stereocenters. The van der Waals surface area contributed by atoms with Gasteiger partial charge in [0.15, 0.2) is 5.96 Å². The van der Waals surface area contributed by atoms with Gasteiger partial charge in [-0.2, -0.15) is 0 Å². The predicted octanol–water partition coefficient (Wildman–Crippen LogP) is 3.19. The van der Waals surface area contributed by atoms with Gasteiger partial charge < -0.3 is 15.6 Å². The molecule has 6 heteroatoms. The van der Waals surface area contributed by atoms with Gasteiger partial charge in [0, 0.05) is 48.5 Å². The van der Waals surface area contributed by atoms with Crippen LogP contribution in [-0.2, 0) is 12.8 Å². The first-order valence-electron chi connectivity index (χ1n) is 8.60. The average molecular weight is 356 g/mol. The Bertz CT molecular complexity index is 862. The number of fused-ring (bicyclic) bond motifs is 1. The number of aromatic amines is 1. The van der Waals surface area contributed by atoms with Crippen molar-refractivity contribution in [2.45, 2.75) is 26.7 Å². The van der Waals surface area contributed by atoms with Crippen molar-refractivity contribution in [3.05, 3.63) is 51.6 Å². The molecule has 3 rings (SSSR count). The fourth-order valence-corrected chi connectivity index (χ4v) is 3.91. The Kier molecular flexibility index (Phi) is 5.71. The maximum atomic E-state index is 4.47. The number of aliphatic imine (C=N–C) groups is 1. The molecule has 0 saturated carbocycles. The summed E-state index contributed by atoms with van der Waals surface area (Å²) in [6, 6.07) is 8.40. The number of rotatable bonds is 6. The number of nitrogens with zero attached hydrogens (tertiary/aromatic N) is 2. The van der Waals surface area contributed by atoms with Crippen molar-refractivity contribution in [1.82, 2.24) is 20.6 Å². The number of guanidine groups is 1. The summed E-state index contributed by atoms with van der Waals surface area (Å²) in [5.41, 5.74) is 3.66. The Balaban J connectivity index is 1.45. The lowest BCUT2D eigenvalue weighted by Crippen LogP contribution is -2.39. The molecule has 0 amide bonds. The van der Waals surface area contributed by atoms with Crippen LogP contribution in [0, 0.1) is 13.8 Å². The number of para-hydroxylation sites is 1. The summed E-state index contributed by atoms with van der Waals surface area (Å²) in [6.45, 7) is 5.84. The van der Waals surface area contributed by atoms with Crippen molar-refractivity contribution in [2.75, 3.05) is 20.1 Å². The number of hydrogen-bond acceptors (Lipinski definition) is 3. The number of hydrogen-bond donors (Lipinski definition) is 3. The number of H-pyrrole nitrogens is 1. The third-order valence-corrected chi connectivity index (χ3v) is 5.36. The first kappa shape index (κ1) is 17.5. The van der Waals surface area contributed by atoms with Gasteiger partial charge >= 0.3 is 0 Å². The zero-order valence-electron chi connectivity index (χ0n) is 15.0. The van der Waals surface area contributed by atoms with Gasteiger partial charge in [0.2, 0.25) is 0 Å². The topological polar surface area (TPSA) is 65.1 Å². The molecule has 0 atom stereocenters. The van der Waals surface area contributed by atoms with Crippen LogP contribution in [0.5, 0.6) is 0 Å². The van der Waals surface area contributed by atoms with E-state index in [0.29, 0.717) is 0 Å². The van der Waals surface area contributed by atoms with E-state index < -0.39 is 0 Å². The van der Waals surface area contributed by atoms with E-state index in [1.54, 1.807) is 11.3 Å². The lowest BCUT2D eigenvalue weighted by Gasteiger charge is -2.11. The van der Waals surface area contributed by atoms with E-state index in [9.17, 15) is 0 Å². The maximum Gasteiger partial charge on any atom is 0.190 e. The average Bonchev–Trinajstić information content (AvgIpc) is 3.16. The largest absolute Gasteiger partial charge is 0.361 e. The molecule has 0 fully saturated rings. The van der Waals surface area contributed by atoms with Gasteiger partial charge in [-0.15, -0.1) is 11.3 Å². The van der Waals surface area contributed by atoms with Crippen LogP contribution in [0.2, 0.25) is 0 Å². The van der Waals surface area contributed by atoms with Crippen LogP contribution in [-0.4, -0.2) is 36.1 Å². The van der Waals surface area contributed by atoms with E-state index in [-0.39, 0.29) is 0 Å². The molecule has 3 aromatic rings. The van der Waals surface area contributed by atoms with Gasteiger partial charge in [-0.1, -0.05) is 18.2 Å². The summed E-state index contributed by atoms with van der Waals surface area (Å²) in [5.74, 6) is 0.846. The molecular formula is C19H25N5S. The van der Waals surface area contributed by atoms with E-state index in [1.807, 2.05) is 7.05 Å². The minimum Gasteiger partial charge on any atom is -0.361 e. The second kappa shape index (κ2) is 8.16. The van der Waals surface area contributed by atoms with Crippen LogP contribution in [0.3, 0.4) is 0 Å². The number of benzene rings is 1. The van der Waals surface area contributed by atoms with Crippen molar-refractivity contribution in [2.24, 2.45) is 4.99 Å². The molecule has 3 N–H and O–H groups in total. The molecule has 0 bridgehead atoms. The summed E-state index contributed by atoms with van der Waals surface area (Å²) in [7, 11) is 1.81. The van der Waals surface area contributed by atoms with Crippen LogP contribution in [0.25, 0.3) is 10.9 Å². The van der Waals surface area contributed by atoms with Gasteiger partial charge in [0.25, 0.3) is 0 Å². The van der Waals surface area contributed by atoms with Gasteiger partial charge in [-0.05, 0) is 31.9 Å². The molecule has 5 nitrogen and oxygen atoms in total. The molecule has 2 heterocycles. The van der Waals surface area contributed by atoms with Crippen molar-refractivity contribution in [1.29, 1.82) is 0 Å². The highest BCUT2D eigenvalue weighted by atomic mass is 32.1. The fraction of sp³-hybridized carbons (Fsp3) is 0.368. The number of aromatic nitrogens is 2. The van der Waals surface area contributed by atoms with Crippen molar-refractivity contribution in [3.8, 4) is 0 Å². The lowest BCUT2D eigenvalue weighted by atomic mass is 10.1. The second-order valence-corrected chi connectivity index (χ2v) is 7.31. The molecule has 0 saturated heterocycles. The fourth-order valence-electron chi connectivity index (χ4n) is 2.97. The van der Waals surface area contributed by atoms with Crippen molar-refractivity contribution < 1.29 is 0 Å². The highest BCUT2D eigenvalue weighted by molar-refractivity contribution is 7.11. The minimum atomic E-state index is 0.846. The SMILES string of the molecule is CN=C(NCCc1sc(C)nc1C)NCCc1c[nH]c2ccccc12. The second-order valence-electron chi connectivity index (χ2n) is 6.03. The highest BCUT2D eigenvalue weighted by Crippen LogP contribution is 2.18. The summed E-state index contributed by atoms with van der Waals surface area (Å²) < 4.78 is 0. The van der Waals surface area contributed by atoms with E-state index in [4.69, 9.17) is 0 Å². The van der Waals surface area contributed by atoms with Crippen molar-refractivity contribution >= 4 is 28.2 Å². The molecule has 132 valence electrons. The number of aryl methyl sites for hydroxylation is 2. The molecule has 25 heavy (non-hydrogen) atoms. The first-order valence-corrected chi connectivity index (χ1v) is 9.41. The van der Waals surface area contributed by atoms with E-state index in [1.165, 1.54) is 21.3 Å². The van der Waals surface area contributed by atoms with Crippen molar-refractivity contribution in [3.63, 3.8) is 0 Å². The Morgan fingerprint density at radius 1 is 1.16 bits per heavy atom. The van der Waals surface area contributed by atoms with Gasteiger partial charge in [-0.25, -0.2) is 4.98 Å². The normalized spacial score (nSPS) is 11.9. The van der Waals surface area contributed by atoms with Crippen LogP contribution in [0.4, 0.5) is 0 Å². The summed E-state index contributed by atoms with van der Waals surface area (Å²) in [4.78, 5) is 13.4. The zero-order valence-corrected chi connectivity index (χ0v) is 15.8. The highest BCUT2D eigenvalue weighted by Gasteiger charge is 2.06. The smallest absolute Gasteiger partial charge is 0.190 e.